The van der Waals surface area contributed by atoms with Crippen LogP contribution in [0.4, 0.5) is 0 Å². The molecule has 0 bridgehead atoms. The maximum atomic E-state index is 12.9. The fraction of sp³-hybridized carbons (Fsp3) is 0.500. The number of hydrogen-bond acceptors (Lipinski definition) is 7. The number of carboxylic acid groups (broad SMARTS) is 2. The van der Waals surface area contributed by atoms with E-state index in [9.17, 15) is 33.9 Å². The van der Waals surface area contributed by atoms with Crippen LogP contribution < -0.4 is 27.4 Å². The van der Waals surface area contributed by atoms with Crippen molar-refractivity contribution in [2.75, 3.05) is 0 Å². The molecule has 0 saturated carbocycles. The normalized spacial score (nSPS) is 14.1. The van der Waals surface area contributed by atoms with Gasteiger partial charge in [0.15, 0.2) is 0 Å². The van der Waals surface area contributed by atoms with Crippen molar-refractivity contribution in [3.05, 3.63) is 35.9 Å². The number of benzene rings is 1. The summed E-state index contributed by atoms with van der Waals surface area (Å²) in [6.07, 6.45) is -1.23. The minimum atomic E-state index is -1.57. The zero-order chi connectivity index (χ0) is 28.1. The Bertz CT molecular complexity index is 969. The van der Waals surface area contributed by atoms with Gasteiger partial charge in [0.2, 0.25) is 23.6 Å². The number of carboxylic acids is 2. The molecule has 13 heteroatoms. The Morgan fingerprint density at radius 2 is 1.38 bits per heavy atom. The molecular weight excluding hydrogens is 486 g/mol. The Kier molecular flexibility index (Phi) is 12.7. The first kappa shape index (κ1) is 31.0. The van der Waals surface area contributed by atoms with Gasteiger partial charge in [0.25, 0.3) is 0 Å². The lowest BCUT2D eigenvalue weighted by molar-refractivity contribution is -0.142. The highest BCUT2D eigenvalue weighted by molar-refractivity contribution is 5.96. The van der Waals surface area contributed by atoms with Gasteiger partial charge < -0.3 is 37.6 Å². The molecule has 1 aromatic carbocycles. The summed E-state index contributed by atoms with van der Waals surface area (Å²) in [5.41, 5.74) is 11.7. The van der Waals surface area contributed by atoms with Crippen LogP contribution in [0.3, 0.4) is 0 Å². The summed E-state index contributed by atoms with van der Waals surface area (Å²) in [4.78, 5) is 72.6. The van der Waals surface area contributed by atoms with Crippen LogP contribution in [0.25, 0.3) is 0 Å². The molecule has 0 radical (unpaired) electrons. The third kappa shape index (κ3) is 12.0. The Labute approximate surface area is 214 Å². The highest BCUT2D eigenvalue weighted by Crippen LogP contribution is 2.07. The molecule has 0 saturated heterocycles. The van der Waals surface area contributed by atoms with E-state index in [4.69, 9.17) is 16.6 Å². The van der Waals surface area contributed by atoms with Gasteiger partial charge in [-0.05, 0) is 24.3 Å². The first-order valence-electron chi connectivity index (χ1n) is 11.7. The van der Waals surface area contributed by atoms with E-state index in [1.54, 1.807) is 30.3 Å². The molecule has 0 heterocycles. The van der Waals surface area contributed by atoms with Gasteiger partial charge >= 0.3 is 11.9 Å². The second-order valence-electron chi connectivity index (χ2n) is 9.05. The average Bonchev–Trinajstić information content (AvgIpc) is 2.80. The van der Waals surface area contributed by atoms with Crippen LogP contribution in [-0.2, 0) is 35.2 Å². The van der Waals surface area contributed by atoms with E-state index >= 15 is 0 Å². The van der Waals surface area contributed by atoms with Crippen LogP contribution in [0.1, 0.15) is 45.1 Å². The molecule has 1 rings (SSSR count). The number of carbonyl (C=O) groups is 6. The minimum absolute atomic E-state index is 0.0653. The highest BCUT2D eigenvalue weighted by atomic mass is 16.4. The molecule has 0 aliphatic heterocycles. The summed E-state index contributed by atoms with van der Waals surface area (Å²) in [5.74, 6) is -6.08. The Morgan fingerprint density at radius 1 is 0.838 bits per heavy atom. The number of nitrogens with two attached hydrogens (primary N) is 2. The predicted octanol–water partition coefficient (Wildman–Crippen LogP) is -1.12. The molecule has 1 aromatic rings. The second kappa shape index (κ2) is 15.2. The Balaban J connectivity index is 3.03. The summed E-state index contributed by atoms with van der Waals surface area (Å²) in [6, 6.07) is 3.19. The van der Waals surface area contributed by atoms with Crippen molar-refractivity contribution in [1.82, 2.24) is 16.0 Å². The first-order chi connectivity index (χ1) is 17.3. The highest BCUT2D eigenvalue weighted by Gasteiger charge is 2.31. The van der Waals surface area contributed by atoms with Crippen LogP contribution in [0.5, 0.6) is 0 Å². The van der Waals surface area contributed by atoms with Crippen molar-refractivity contribution in [3.63, 3.8) is 0 Å². The summed E-state index contributed by atoms with van der Waals surface area (Å²) in [6.45, 7) is 3.69. The van der Waals surface area contributed by atoms with Crippen LogP contribution in [0.15, 0.2) is 30.3 Å². The predicted molar refractivity (Wildman–Crippen MR) is 132 cm³/mol. The summed E-state index contributed by atoms with van der Waals surface area (Å²) < 4.78 is 0. The molecule has 4 unspecified atom stereocenters. The number of aliphatic carboxylic acids is 2. The molecular formula is C24H35N5O8. The van der Waals surface area contributed by atoms with Gasteiger partial charge in [0, 0.05) is 12.8 Å². The summed E-state index contributed by atoms with van der Waals surface area (Å²) in [5, 5.41) is 25.5. The van der Waals surface area contributed by atoms with Crippen LogP contribution in [-0.4, -0.2) is 69.9 Å². The van der Waals surface area contributed by atoms with Crippen molar-refractivity contribution < 1.29 is 39.0 Å². The number of primary amides is 1. The summed E-state index contributed by atoms with van der Waals surface area (Å²) in [7, 11) is 0. The number of nitrogens with one attached hydrogen (secondary N) is 3. The van der Waals surface area contributed by atoms with E-state index in [0.29, 0.717) is 12.0 Å². The van der Waals surface area contributed by atoms with Crippen molar-refractivity contribution in [2.24, 2.45) is 17.4 Å². The van der Waals surface area contributed by atoms with Gasteiger partial charge in [-0.3, -0.25) is 24.0 Å². The molecule has 9 N–H and O–H groups in total. The van der Waals surface area contributed by atoms with Crippen molar-refractivity contribution >= 4 is 35.6 Å². The molecule has 0 fully saturated rings. The standard InChI is InChI=1S/C24H35N5O8/c1-13(2)10-15(25)21(33)27-16(8-9-20(31)32)22(34)28-17(12-19(26)30)23(35)29-18(24(36)37)11-14-6-4-3-5-7-14/h3-7,13,15-18H,8-12,25H2,1-2H3,(H2,26,30)(H,27,33)(H,28,34)(H,29,35)(H,31,32)(H,36,37). The largest absolute Gasteiger partial charge is 0.481 e. The van der Waals surface area contributed by atoms with E-state index in [0.717, 1.165) is 0 Å². The summed E-state index contributed by atoms with van der Waals surface area (Å²) >= 11 is 0. The van der Waals surface area contributed by atoms with E-state index in [2.05, 4.69) is 16.0 Å². The lowest BCUT2D eigenvalue weighted by Crippen LogP contribution is -2.58. The van der Waals surface area contributed by atoms with Crippen LogP contribution in [0, 0.1) is 5.92 Å². The van der Waals surface area contributed by atoms with E-state index in [-0.39, 0.29) is 18.8 Å². The van der Waals surface area contributed by atoms with Gasteiger partial charge in [-0.15, -0.1) is 0 Å². The quantitative estimate of drug-likeness (QED) is 0.139. The fourth-order valence-electron chi connectivity index (χ4n) is 3.44. The topological polar surface area (TPSA) is 231 Å². The van der Waals surface area contributed by atoms with Gasteiger partial charge in [0.05, 0.1) is 12.5 Å². The lowest BCUT2D eigenvalue weighted by Gasteiger charge is -2.25. The maximum Gasteiger partial charge on any atom is 0.326 e. The lowest BCUT2D eigenvalue weighted by atomic mass is 10.0. The van der Waals surface area contributed by atoms with Gasteiger partial charge in [-0.2, -0.15) is 0 Å². The molecule has 4 amide bonds. The number of amides is 4. The monoisotopic (exact) mass is 521 g/mol. The average molecular weight is 522 g/mol. The third-order valence-corrected chi connectivity index (χ3v) is 5.28. The first-order valence-corrected chi connectivity index (χ1v) is 11.7. The van der Waals surface area contributed by atoms with Crippen molar-refractivity contribution in [3.8, 4) is 0 Å². The molecule has 4 atom stereocenters. The smallest absolute Gasteiger partial charge is 0.326 e. The molecule has 0 aliphatic carbocycles. The van der Waals surface area contributed by atoms with Gasteiger partial charge in [-0.1, -0.05) is 44.2 Å². The van der Waals surface area contributed by atoms with Crippen molar-refractivity contribution in [2.45, 2.75) is 70.1 Å². The fourth-order valence-corrected chi connectivity index (χ4v) is 3.44. The number of rotatable bonds is 16. The number of hydrogen-bond donors (Lipinski definition) is 7. The second-order valence-corrected chi connectivity index (χ2v) is 9.05. The molecule has 0 aliphatic rings. The zero-order valence-electron chi connectivity index (χ0n) is 20.8. The van der Waals surface area contributed by atoms with E-state index in [1.807, 2.05) is 13.8 Å². The zero-order valence-corrected chi connectivity index (χ0v) is 20.8. The van der Waals surface area contributed by atoms with Crippen molar-refractivity contribution in [1.29, 1.82) is 0 Å². The molecule has 0 aromatic heterocycles. The van der Waals surface area contributed by atoms with E-state index < -0.39 is 72.6 Å². The SMILES string of the molecule is CC(C)CC(N)C(=O)NC(CCC(=O)O)C(=O)NC(CC(N)=O)C(=O)NC(Cc1ccccc1)C(=O)O. The third-order valence-electron chi connectivity index (χ3n) is 5.28. The maximum absolute atomic E-state index is 12.9. The van der Waals surface area contributed by atoms with E-state index in [1.165, 1.54) is 0 Å². The Morgan fingerprint density at radius 3 is 1.89 bits per heavy atom. The molecule has 13 nitrogen and oxygen atoms in total. The molecule has 204 valence electrons. The molecule has 0 spiro atoms. The van der Waals surface area contributed by atoms with Gasteiger partial charge in [0.1, 0.15) is 18.1 Å². The number of carbonyl (C=O) groups excluding carboxylic acids is 4. The van der Waals surface area contributed by atoms with Gasteiger partial charge in [-0.25, -0.2) is 4.79 Å². The van der Waals surface area contributed by atoms with Crippen LogP contribution in [0.2, 0.25) is 0 Å². The Hall–Kier alpha value is -4.00. The minimum Gasteiger partial charge on any atom is -0.481 e. The van der Waals surface area contributed by atoms with Crippen LogP contribution >= 0.6 is 0 Å². The molecule has 37 heavy (non-hydrogen) atoms.